The summed E-state index contributed by atoms with van der Waals surface area (Å²) in [5, 5.41) is 2.75. The standard InChI is InChI=1S/C16H19N3O2/c20-14-6-5-13-10-12(11-17-16(13)18-14)4-7-15(21)19-8-2-1-3-9-19/h4,7,10-11H,1-3,5-6,8-9H2,(H,17,18,20). The molecule has 0 saturated carbocycles. The van der Waals surface area contributed by atoms with Crippen molar-refractivity contribution < 1.29 is 9.59 Å². The van der Waals surface area contributed by atoms with Crippen LogP contribution < -0.4 is 5.32 Å². The number of pyridine rings is 1. The number of nitrogens with zero attached hydrogens (tertiary/aromatic N) is 2. The summed E-state index contributed by atoms with van der Waals surface area (Å²) < 4.78 is 0. The first kappa shape index (κ1) is 13.8. The maximum Gasteiger partial charge on any atom is 0.246 e. The molecule has 1 fully saturated rings. The molecule has 0 spiro atoms. The highest BCUT2D eigenvalue weighted by Crippen LogP contribution is 2.21. The molecule has 2 aliphatic heterocycles. The number of carbonyl (C=O) groups is 2. The number of rotatable bonds is 2. The summed E-state index contributed by atoms with van der Waals surface area (Å²) in [6.07, 6.45) is 9.72. The van der Waals surface area contributed by atoms with Crippen LogP contribution in [0.1, 0.15) is 36.8 Å². The topological polar surface area (TPSA) is 62.3 Å². The SMILES string of the molecule is O=C1CCc2cc(C=CC(=O)N3CCCCC3)cnc2N1. The molecule has 1 aromatic heterocycles. The average Bonchev–Trinajstić information content (AvgIpc) is 2.53. The number of piperidine rings is 1. The number of carbonyl (C=O) groups excluding carboxylic acids is 2. The fourth-order valence-electron chi connectivity index (χ4n) is 2.75. The number of hydrogen-bond donors (Lipinski definition) is 1. The molecule has 3 rings (SSSR count). The molecule has 5 nitrogen and oxygen atoms in total. The van der Waals surface area contributed by atoms with Crippen LogP contribution in [0.4, 0.5) is 5.82 Å². The second-order valence-electron chi connectivity index (χ2n) is 5.54. The van der Waals surface area contributed by atoms with Gasteiger partial charge in [0.25, 0.3) is 0 Å². The van der Waals surface area contributed by atoms with E-state index in [0.717, 1.165) is 37.1 Å². The Balaban J connectivity index is 1.68. The van der Waals surface area contributed by atoms with Gasteiger partial charge in [-0.05, 0) is 49.0 Å². The van der Waals surface area contributed by atoms with Crippen LogP contribution in [0.15, 0.2) is 18.3 Å². The van der Waals surface area contributed by atoms with Crippen LogP contribution in [0, 0.1) is 0 Å². The van der Waals surface area contributed by atoms with Gasteiger partial charge in [0.15, 0.2) is 0 Å². The molecule has 21 heavy (non-hydrogen) atoms. The van der Waals surface area contributed by atoms with E-state index in [0.29, 0.717) is 18.7 Å². The zero-order valence-corrected chi connectivity index (χ0v) is 12.0. The molecule has 110 valence electrons. The summed E-state index contributed by atoms with van der Waals surface area (Å²) in [7, 11) is 0. The molecular formula is C16H19N3O2. The Hall–Kier alpha value is -2.17. The first-order chi connectivity index (χ1) is 10.2. The molecule has 2 amide bonds. The quantitative estimate of drug-likeness (QED) is 0.845. The number of likely N-dealkylation sites (tertiary alicyclic amines) is 1. The summed E-state index contributed by atoms with van der Waals surface area (Å²) in [6, 6.07) is 1.99. The molecule has 1 aromatic rings. The van der Waals surface area contributed by atoms with E-state index in [-0.39, 0.29) is 11.8 Å². The van der Waals surface area contributed by atoms with E-state index in [1.165, 1.54) is 6.42 Å². The molecule has 1 N–H and O–H groups in total. The van der Waals surface area contributed by atoms with Gasteiger partial charge in [-0.15, -0.1) is 0 Å². The van der Waals surface area contributed by atoms with Crippen LogP contribution in [0.5, 0.6) is 0 Å². The highest BCUT2D eigenvalue weighted by molar-refractivity contribution is 5.93. The fourth-order valence-corrected chi connectivity index (χ4v) is 2.75. The third kappa shape index (κ3) is 3.29. The largest absolute Gasteiger partial charge is 0.339 e. The third-order valence-corrected chi connectivity index (χ3v) is 3.95. The number of anilines is 1. The van der Waals surface area contributed by atoms with Crippen molar-refractivity contribution >= 4 is 23.7 Å². The molecule has 2 aliphatic rings. The van der Waals surface area contributed by atoms with Gasteiger partial charge in [0.05, 0.1) is 0 Å². The molecule has 0 aromatic carbocycles. The van der Waals surface area contributed by atoms with E-state index < -0.39 is 0 Å². The fraction of sp³-hybridized carbons (Fsp3) is 0.438. The van der Waals surface area contributed by atoms with Gasteiger partial charge in [0.1, 0.15) is 5.82 Å². The predicted molar refractivity (Wildman–Crippen MR) is 80.7 cm³/mol. The van der Waals surface area contributed by atoms with Crippen molar-refractivity contribution in [2.75, 3.05) is 18.4 Å². The average molecular weight is 285 g/mol. The van der Waals surface area contributed by atoms with Crippen molar-refractivity contribution in [1.82, 2.24) is 9.88 Å². The van der Waals surface area contributed by atoms with Crippen LogP contribution in [0.3, 0.4) is 0 Å². The lowest BCUT2D eigenvalue weighted by molar-refractivity contribution is -0.126. The number of amides is 2. The first-order valence-corrected chi connectivity index (χ1v) is 7.48. The van der Waals surface area contributed by atoms with E-state index in [1.807, 2.05) is 11.0 Å². The molecule has 0 unspecified atom stereocenters. The van der Waals surface area contributed by atoms with E-state index in [4.69, 9.17) is 0 Å². The molecule has 3 heterocycles. The number of nitrogens with one attached hydrogen (secondary N) is 1. The molecule has 0 atom stereocenters. The first-order valence-electron chi connectivity index (χ1n) is 7.48. The van der Waals surface area contributed by atoms with E-state index in [2.05, 4.69) is 10.3 Å². The molecular weight excluding hydrogens is 266 g/mol. The van der Waals surface area contributed by atoms with Gasteiger partial charge >= 0.3 is 0 Å². The van der Waals surface area contributed by atoms with Crippen LogP contribution in [-0.4, -0.2) is 34.8 Å². The van der Waals surface area contributed by atoms with Crippen molar-refractivity contribution in [1.29, 1.82) is 0 Å². The molecule has 5 heteroatoms. The summed E-state index contributed by atoms with van der Waals surface area (Å²) in [5.41, 5.74) is 1.93. The summed E-state index contributed by atoms with van der Waals surface area (Å²) >= 11 is 0. The number of fused-ring (bicyclic) bond motifs is 1. The minimum Gasteiger partial charge on any atom is -0.339 e. The van der Waals surface area contributed by atoms with Crippen molar-refractivity contribution in [2.45, 2.75) is 32.1 Å². The summed E-state index contributed by atoms with van der Waals surface area (Å²) in [6.45, 7) is 1.72. The summed E-state index contributed by atoms with van der Waals surface area (Å²) in [5.74, 6) is 0.727. The lowest BCUT2D eigenvalue weighted by atomic mass is 10.0. The van der Waals surface area contributed by atoms with Gasteiger partial charge in [0, 0.05) is 31.8 Å². The Kier molecular flexibility index (Phi) is 3.99. The number of aryl methyl sites for hydroxylation is 1. The van der Waals surface area contributed by atoms with Crippen LogP contribution in [0.25, 0.3) is 6.08 Å². The maximum atomic E-state index is 12.1. The van der Waals surface area contributed by atoms with Gasteiger partial charge in [0.2, 0.25) is 11.8 Å². The monoisotopic (exact) mass is 285 g/mol. The van der Waals surface area contributed by atoms with E-state index in [1.54, 1.807) is 18.3 Å². The predicted octanol–water partition coefficient (Wildman–Crippen LogP) is 1.99. The zero-order valence-electron chi connectivity index (χ0n) is 12.0. The summed E-state index contributed by atoms with van der Waals surface area (Å²) in [4.78, 5) is 29.5. The Labute approximate surface area is 124 Å². The smallest absolute Gasteiger partial charge is 0.246 e. The second-order valence-corrected chi connectivity index (χ2v) is 5.54. The lowest BCUT2D eigenvalue weighted by Gasteiger charge is -2.25. The lowest BCUT2D eigenvalue weighted by Crippen LogP contribution is -2.34. The highest BCUT2D eigenvalue weighted by atomic mass is 16.2. The van der Waals surface area contributed by atoms with Crippen molar-refractivity contribution in [2.24, 2.45) is 0 Å². The Morgan fingerprint density at radius 2 is 2.05 bits per heavy atom. The maximum absolute atomic E-state index is 12.1. The van der Waals surface area contributed by atoms with Crippen LogP contribution in [-0.2, 0) is 16.0 Å². The van der Waals surface area contributed by atoms with E-state index in [9.17, 15) is 9.59 Å². The van der Waals surface area contributed by atoms with Gasteiger partial charge < -0.3 is 10.2 Å². The van der Waals surface area contributed by atoms with Gasteiger partial charge in [-0.2, -0.15) is 0 Å². The van der Waals surface area contributed by atoms with Gasteiger partial charge in [-0.3, -0.25) is 9.59 Å². The van der Waals surface area contributed by atoms with Crippen molar-refractivity contribution in [3.63, 3.8) is 0 Å². The molecule has 1 saturated heterocycles. The Bertz CT molecular complexity index is 589. The normalized spacial score (nSPS) is 18.5. The Morgan fingerprint density at radius 3 is 2.86 bits per heavy atom. The number of aromatic nitrogens is 1. The second kappa shape index (κ2) is 6.08. The van der Waals surface area contributed by atoms with Crippen LogP contribution >= 0.6 is 0 Å². The van der Waals surface area contributed by atoms with Gasteiger partial charge in [-0.1, -0.05) is 0 Å². The minimum absolute atomic E-state index is 0.0126. The molecule has 0 radical (unpaired) electrons. The third-order valence-electron chi connectivity index (χ3n) is 3.95. The Morgan fingerprint density at radius 1 is 1.24 bits per heavy atom. The van der Waals surface area contributed by atoms with Crippen molar-refractivity contribution in [3.05, 3.63) is 29.5 Å². The van der Waals surface area contributed by atoms with Crippen molar-refractivity contribution in [3.8, 4) is 0 Å². The highest BCUT2D eigenvalue weighted by Gasteiger charge is 2.16. The minimum atomic E-state index is 0.0126. The molecule has 0 aliphatic carbocycles. The van der Waals surface area contributed by atoms with Crippen LogP contribution in [0.2, 0.25) is 0 Å². The zero-order chi connectivity index (χ0) is 14.7. The van der Waals surface area contributed by atoms with Gasteiger partial charge in [-0.25, -0.2) is 4.98 Å². The van der Waals surface area contributed by atoms with E-state index >= 15 is 0 Å². The number of hydrogen-bond acceptors (Lipinski definition) is 3. The molecule has 0 bridgehead atoms.